The number of aliphatic hydroxyl groups is 1. The topological polar surface area (TPSA) is 78.4 Å². The molecule has 15 heavy (non-hydrogen) atoms. The van der Waals surface area contributed by atoms with E-state index >= 15 is 0 Å². The van der Waals surface area contributed by atoms with Crippen LogP contribution in [0.5, 0.6) is 0 Å². The zero-order valence-corrected chi connectivity index (χ0v) is 8.95. The molecule has 1 saturated heterocycles. The molecular weight excluding hydrogens is 196 g/mol. The lowest BCUT2D eigenvalue weighted by atomic mass is 10.1. The molecule has 0 aromatic heterocycles. The van der Waals surface area contributed by atoms with Gasteiger partial charge in [0.05, 0.1) is 0 Å². The Hall–Kier alpha value is -1.10. The van der Waals surface area contributed by atoms with E-state index in [1.807, 2.05) is 6.92 Å². The number of hydrogen-bond donors (Lipinski definition) is 3. The van der Waals surface area contributed by atoms with Crippen molar-refractivity contribution in [1.82, 2.24) is 10.6 Å². The summed E-state index contributed by atoms with van der Waals surface area (Å²) < 4.78 is 0. The molecule has 0 radical (unpaired) electrons. The van der Waals surface area contributed by atoms with Gasteiger partial charge in [0.25, 0.3) is 0 Å². The SMILES string of the molecule is CC(CCO)CNC(=O)[C@H]1CCC(=O)N1. The van der Waals surface area contributed by atoms with Gasteiger partial charge in [-0.3, -0.25) is 9.59 Å². The highest BCUT2D eigenvalue weighted by molar-refractivity contribution is 5.90. The lowest BCUT2D eigenvalue weighted by Gasteiger charge is -2.14. The van der Waals surface area contributed by atoms with Crippen LogP contribution in [0, 0.1) is 5.92 Å². The van der Waals surface area contributed by atoms with Gasteiger partial charge in [-0.25, -0.2) is 0 Å². The van der Waals surface area contributed by atoms with Crippen LogP contribution in [0.15, 0.2) is 0 Å². The van der Waals surface area contributed by atoms with Gasteiger partial charge >= 0.3 is 0 Å². The largest absolute Gasteiger partial charge is 0.396 e. The summed E-state index contributed by atoms with van der Waals surface area (Å²) in [7, 11) is 0. The Kier molecular flexibility index (Phi) is 4.55. The molecule has 0 aromatic carbocycles. The fraction of sp³-hybridized carbons (Fsp3) is 0.800. The number of hydrogen-bond acceptors (Lipinski definition) is 3. The molecule has 1 aliphatic heterocycles. The second kappa shape index (κ2) is 5.70. The monoisotopic (exact) mass is 214 g/mol. The Balaban J connectivity index is 2.21. The van der Waals surface area contributed by atoms with E-state index in [1.165, 1.54) is 0 Å². The van der Waals surface area contributed by atoms with E-state index in [0.29, 0.717) is 25.8 Å². The molecule has 86 valence electrons. The maximum atomic E-state index is 11.5. The van der Waals surface area contributed by atoms with Crippen LogP contribution in [0.1, 0.15) is 26.2 Å². The first-order valence-corrected chi connectivity index (χ1v) is 5.31. The van der Waals surface area contributed by atoms with Crippen molar-refractivity contribution in [3.63, 3.8) is 0 Å². The zero-order valence-electron chi connectivity index (χ0n) is 8.95. The summed E-state index contributed by atoms with van der Waals surface area (Å²) in [4.78, 5) is 22.4. The third-order valence-corrected chi connectivity index (χ3v) is 2.56. The number of carbonyl (C=O) groups is 2. The maximum absolute atomic E-state index is 11.5. The summed E-state index contributed by atoms with van der Waals surface area (Å²) in [5.41, 5.74) is 0. The summed E-state index contributed by atoms with van der Waals surface area (Å²) in [6.45, 7) is 2.65. The van der Waals surface area contributed by atoms with E-state index in [-0.39, 0.29) is 30.4 Å². The summed E-state index contributed by atoms with van der Waals surface area (Å²) in [5.74, 6) is 0.0836. The molecule has 1 unspecified atom stereocenters. The first-order chi connectivity index (χ1) is 7.13. The molecule has 0 spiro atoms. The number of aliphatic hydroxyl groups excluding tert-OH is 1. The van der Waals surface area contributed by atoms with E-state index in [2.05, 4.69) is 10.6 Å². The minimum Gasteiger partial charge on any atom is -0.396 e. The lowest BCUT2D eigenvalue weighted by Crippen LogP contribution is -2.43. The standard InChI is InChI=1S/C10H18N2O3/c1-7(4-5-13)6-11-10(15)8-2-3-9(14)12-8/h7-8,13H,2-6H2,1H3,(H,11,15)(H,12,14)/t7?,8-/m1/s1. The average molecular weight is 214 g/mol. The van der Waals surface area contributed by atoms with Gasteiger partial charge in [-0.05, 0) is 18.8 Å². The molecule has 0 aliphatic carbocycles. The predicted molar refractivity (Wildman–Crippen MR) is 55.0 cm³/mol. The van der Waals surface area contributed by atoms with Crippen LogP contribution in [0.25, 0.3) is 0 Å². The normalized spacial score (nSPS) is 22.3. The fourth-order valence-electron chi connectivity index (χ4n) is 1.53. The van der Waals surface area contributed by atoms with Crippen molar-refractivity contribution in [1.29, 1.82) is 0 Å². The van der Waals surface area contributed by atoms with E-state index < -0.39 is 0 Å². The van der Waals surface area contributed by atoms with Crippen LogP contribution >= 0.6 is 0 Å². The quantitative estimate of drug-likeness (QED) is 0.572. The van der Waals surface area contributed by atoms with Gasteiger partial charge in [-0.2, -0.15) is 0 Å². The van der Waals surface area contributed by atoms with Crippen molar-refractivity contribution < 1.29 is 14.7 Å². The van der Waals surface area contributed by atoms with Crippen molar-refractivity contribution in [2.45, 2.75) is 32.2 Å². The van der Waals surface area contributed by atoms with Gasteiger partial charge in [0, 0.05) is 19.6 Å². The minimum atomic E-state index is -0.362. The Bertz CT molecular complexity index is 243. The molecule has 1 heterocycles. The van der Waals surface area contributed by atoms with E-state index in [0.717, 1.165) is 0 Å². The van der Waals surface area contributed by atoms with E-state index in [9.17, 15) is 9.59 Å². The Morgan fingerprint density at radius 3 is 3.00 bits per heavy atom. The molecule has 3 N–H and O–H groups in total. The minimum absolute atomic E-state index is 0.0569. The van der Waals surface area contributed by atoms with Gasteiger partial charge in [0.15, 0.2) is 0 Å². The number of carbonyl (C=O) groups excluding carboxylic acids is 2. The van der Waals surface area contributed by atoms with Crippen molar-refractivity contribution >= 4 is 11.8 Å². The fourth-order valence-corrected chi connectivity index (χ4v) is 1.53. The second-order valence-electron chi connectivity index (χ2n) is 4.02. The highest BCUT2D eigenvalue weighted by Crippen LogP contribution is 2.06. The third kappa shape index (κ3) is 3.87. The zero-order chi connectivity index (χ0) is 11.3. The number of rotatable bonds is 5. The van der Waals surface area contributed by atoms with Crippen molar-refractivity contribution in [2.75, 3.05) is 13.2 Å². The van der Waals surface area contributed by atoms with Crippen LogP contribution < -0.4 is 10.6 Å². The van der Waals surface area contributed by atoms with Crippen molar-refractivity contribution in [2.24, 2.45) is 5.92 Å². The summed E-state index contributed by atoms with van der Waals surface area (Å²) in [6.07, 6.45) is 1.70. The molecule has 0 bridgehead atoms. The van der Waals surface area contributed by atoms with Crippen molar-refractivity contribution in [3.05, 3.63) is 0 Å². The molecule has 1 rings (SSSR count). The lowest BCUT2D eigenvalue weighted by molar-refractivity contribution is -0.125. The van der Waals surface area contributed by atoms with E-state index in [1.54, 1.807) is 0 Å². The average Bonchev–Trinajstić information content (AvgIpc) is 2.62. The first-order valence-electron chi connectivity index (χ1n) is 5.31. The highest BCUT2D eigenvalue weighted by Gasteiger charge is 2.26. The van der Waals surface area contributed by atoms with Crippen molar-refractivity contribution in [3.8, 4) is 0 Å². The molecule has 0 aromatic rings. The molecule has 0 saturated carbocycles. The van der Waals surface area contributed by atoms with Crippen LogP contribution in [0.3, 0.4) is 0 Å². The molecule has 2 atom stereocenters. The Morgan fingerprint density at radius 2 is 2.47 bits per heavy atom. The van der Waals surface area contributed by atoms with Gasteiger partial charge in [0.2, 0.25) is 11.8 Å². The smallest absolute Gasteiger partial charge is 0.242 e. The van der Waals surface area contributed by atoms with Gasteiger partial charge in [-0.1, -0.05) is 6.92 Å². The summed E-state index contributed by atoms with van der Waals surface area (Å²) in [6, 6.07) is -0.362. The van der Waals surface area contributed by atoms with Gasteiger partial charge < -0.3 is 15.7 Å². The maximum Gasteiger partial charge on any atom is 0.242 e. The highest BCUT2D eigenvalue weighted by atomic mass is 16.3. The second-order valence-corrected chi connectivity index (χ2v) is 4.02. The molecule has 5 nitrogen and oxygen atoms in total. The molecule has 1 fully saturated rings. The number of nitrogens with one attached hydrogen (secondary N) is 2. The predicted octanol–water partition coefficient (Wildman–Crippen LogP) is -0.600. The molecular formula is C10H18N2O3. The molecule has 1 aliphatic rings. The third-order valence-electron chi connectivity index (χ3n) is 2.56. The Morgan fingerprint density at radius 1 is 1.73 bits per heavy atom. The van der Waals surface area contributed by atoms with Crippen LogP contribution in [0.4, 0.5) is 0 Å². The van der Waals surface area contributed by atoms with Gasteiger partial charge in [-0.15, -0.1) is 0 Å². The molecule has 2 amide bonds. The molecule has 5 heteroatoms. The summed E-state index contributed by atoms with van der Waals surface area (Å²) in [5, 5.41) is 14.1. The van der Waals surface area contributed by atoms with Gasteiger partial charge in [0.1, 0.15) is 6.04 Å². The first kappa shape index (κ1) is 12.0. The number of amides is 2. The van der Waals surface area contributed by atoms with E-state index in [4.69, 9.17) is 5.11 Å². The van der Waals surface area contributed by atoms with Crippen LogP contribution in [-0.4, -0.2) is 36.1 Å². The summed E-state index contributed by atoms with van der Waals surface area (Å²) >= 11 is 0. The Labute approximate surface area is 89.2 Å². The van der Waals surface area contributed by atoms with Crippen LogP contribution in [-0.2, 0) is 9.59 Å². The van der Waals surface area contributed by atoms with Crippen LogP contribution in [0.2, 0.25) is 0 Å².